The fourth-order valence-corrected chi connectivity index (χ4v) is 1.89. The van der Waals surface area contributed by atoms with Crippen LogP contribution in [0.4, 0.5) is 11.4 Å². The zero-order valence-corrected chi connectivity index (χ0v) is 13.0. The molecule has 0 fully saturated rings. The van der Waals surface area contributed by atoms with Gasteiger partial charge in [0.2, 0.25) is 5.91 Å². The van der Waals surface area contributed by atoms with Crippen molar-refractivity contribution in [2.45, 2.75) is 20.0 Å². The van der Waals surface area contributed by atoms with Crippen LogP contribution in [0.25, 0.3) is 0 Å². The molecule has 6 nitrogen and oxygen atoms in total. The van der Waals surface area contributed by atoms with Crippen LogP contribution in [0.1, 0.15) is 13.8 Å². The minimum Gasteiger partial charge on any atom is -0.495 e. The van der Waals surface area contributed by atoms with Crippen molar-refractivity contribution in [3.63, 3.8) is 0 Å². The van der Waals surface area contributed by atoms with Crippen molar-refractivity contribution in [1.29, 1.82) is 0 Å². The lowest BCUT2D eigenvalue weighted by molar-refractivity contribution is -0.144. The molecule has 0 heterocycles. The number of carbonyl (C=O) groups excluding carboxylic acids is 2. The number of hydrogen-bond acceptors (Lipinski definition) is 5. The molecule has 0 bridgehead atoms. The highest BCUT2D eigenvalue weighted by atomic mass is 35.5. The first-order valence-electron chi connectivity index (χ1n) is 6.39. The first kappa shape index (κ1) is 17.1. The topological polar surface area (TPSA) is 76.7 Å². The average Bonchev–Trinajstić information content (AvgIpc) is 2.42. The van der Waals surface area contributed by atoms with E-state index in [0.29, 0.717) is 23.7 Å². The van der Waals surface area contributed by atoms with E-state index in [2.05, 4.69) is 10.6 Å². The van der Waals surface area contributed by atoms with Crippen LogP contribution in [-0.4, -0.2) is 37.5 Å². The molecule has 1 aromatic carbocycles. The third-order valence-electron chi connectivity index (χ3n) is 2.54. The Morgan fingerprint density at radius 3 is 2.57 bits per heavy atom. The van der Waals surface area contributed by atoms with Crippen molar-refractivity contribution < 1.29 is 19.1 Å². The van der Waals surface area contributed by atoms with Gasteiger partial charge in [-0.1, -0.05) is 0 Å². The second-order valence-electron chi connectivity index (χ2n) is 4.36. The molecule has 21 heavy (non-hydrogen) atoms. The molecule has 0 aliphatic heterocycles. The summed E-state index contributed by atoms with van der Waals surface area (Å²) >= 11 is 5.75. The molecule has 1 rings (SSSR count). The Hall–Kier alpha value is -1.95. The van der Waals surface area contributed by atoms with Gasteiger partial charge >= 0.3 is 5.97 Å². The van der Waals surface area contributed by atoms with Gasteiger partial charge in [0.15, 0.2) is 0 Å². The molecule has 7 heteroatoms. The second-order valence-corrected chi connectivity index (χ2v) is 4.67. The lowest BCUT2D eigenvalue weighted by Gasteiger charge is -2.18. The Morgan fingerprint density at radius 2 is 2.05 bits per heavy atom. The van der Waals surface area contributed by atoms with Crippen LogP contribution in [-0.2, 0) is 14.3 Å². The van der Waals surface area contributed by atoms with Gasteiger partial charge in [0.1, 0.15) is 11.9 Å². The van der Waals surface area contributed by atoms with Gasteiger partial charge in [-0.3, -0.25) is 9.59 Å². The number of benzene rings is 1. The van der Waals surface area contributed by atoms with Crippen LogP contribution >= 0.6 is 11.6 Å². The van der Waals surface area contributed by atoms with Crippen molar-refractivity contribution in [3.05, 3.63) is 18.2 Å². The molecule has 1 aromatic rings. The minimum absolute atomic E-state index is 0.162. The summed E-state index contributed by atoms with van der Waals surface area (Å²) < 4.78 is 10.3. The highest BCUT2D eigenvalue weighted by molar-refractivity contribution is 6.18. The minimum atomic E-state index is -0.446. The van der Waals surface area contributed by atoms with Crippen LogP contribution < -0.4 is 15.4 Å². The molecular formula is C14H19ClN2O4. The molecule has 0 aliphatic carbocycles. The summed E-state index contributed by atoms with van der Waals surface area (Å²) in [7, 11) is 1.55. The summed E-state index contributed by atoms with van der Waals surface area (Å²) in [6.07, 6.45) is -0.446. The van der Waals surface area contributed by atoms with Crippen molar-refractivity contribution in [1.82, 2.24) is 0 Å². The SMILES string of the molecule is COc1ccc(NC(C)=O)cc1NCC(CCl)OC(C)=O. The number of ether oxygens (including phenoxy) is 2. The number of hydrogen-bond donors (Lipinski definition) is 2. The second kappa shape index (κ2) is 8.36. The first-order valence-corrected chi connectivity index (χ1v) is 6.92. The van der Waals surface area contributed by atoms with Gasteiger partial charge in [0.25, 0.3) is 0 Å². The van der Waals surface area contributed by atoms with Gasteiger partial charge in [0.05, 0.1) is 25.2 Å². The van der Waals surface area contributed by atoms with E-state index in [9.17, 15) is 9.59 Å². The van der Waals surface area contributed by atoms with Crippen molar-refractivity contribution in [2.24, 2.45) is 0 Å². The Morgan fingerprint density at radius 1 is 1.33 bits per heavy atom. The molecule has 0 spiro atoms. The van der Waals surface area contributed by atoms with Crippen molar-refractivity contribution >= 4 is 34.9 Å². The van der Waals surface area contributed by atoms with E-state index in [0.717, 1.165) is 0 Å². The Balaban J connectivity index is 2.79. The third kappa shape index (κ3) is 5.91. The van der Waals surface area contributed by atoms with Crippen LogP contribution in [0, 0.1) is 0 Å². The van der Waals surface area contributed by atoms with Gasteiger partial charge in [-0.25, -0.2) is 0 Å². The summed E-state index contributed by atoms with van der Waals surface area (Å²) in [6, 6.07) is 5.20. The Kier molecular flexibility index (Phi) is 6.81. The normalized spacial score (nSPS) is 11.4. The standard InChI is InChI=1S/C14H19ClN2O4/c1-9(18)17-11-4-5-14(20-3)13(6-11)16-8-12(7-15)21-10(2)19/h4-6,12,16H,7-8H2,1-3H3,(H,17,18). The molecule has 0 saturated carbocycles. The number of halogens is 1. The molecular weight excluding hydrogens is 296 g/mol. The molecule has 2 N–H and O–H groups in total. The number of nitrogens with one attached hydrogen (secondary N) is 2. The number of methoxy groups -OCH3 is 1. The molecule has 1 amide bonds. The molecule has 0 aliphatic rings. The van der Waals surface area contributed by atoms with E-state index in [4.69, 9.17) is 21.1 Å². The average molecular weight is 315 g/mol. The van der Waals surface area contributed by atoms with E-state index >= 15 is 0 Å². The van der Waals surface area contributed by atoms with Crippen molar-refractivity contribution in [2.75, 3.05) is 30.2 Å². The molecule has 0 aromatic heterocycles. The van der Waals surface area contributed by atoms with Gasteiger partial charge in [-0.15, -0.1) is 11.6 Å². The van der Waals surface area contributed by atoms with Crippen molar-refractivity contribution in [3.8, 4) is 5.75 Å². The lowest BCUT2D eigenvalue weighted by atomic mass is 10.2. The van der Waals surface area contributed by atoms with Crippen LogP contribution in [0.3, 0.4) is 0 Å². The summed E-state index contributed by atoms with van der Waals surface area (Å²) in [5.41, 5.74) is 1.31. The van der Waals surface area contributed by atoms with E-state index in [1.807, 2.05) is 0 Å². The van der Waals surface area contributed by atoms with Crippen LogP contribution in [0.2, 0.25) is 0 Å². The highest BCUT2D eigenvalue weighted by Crippen LogP contribution is 2.27. The predicted octanol–water partition coefficient (Wildman–Crippen LogP) is 2.24. The number of carbonyl (C=O) groups is 2. The van der Waals surface area contributed by atoms with Gasteiger partial charge < -0.3 is 20.1 Å². The van der Waals surface area contributed by atoms with E-state index in [1.54, 1.807) is 25.3 Å². The predicted molar refractivity (Wildman–Crippen MR) is 82.1 cm³/mol. The molecule has 116 valence electrons. The summed E-state index contributed by atoms with van der Waals surface area (Å²) in [6.45, 7) is 3.10. The Bertz CT molecular complexity index is 508. The van der Waals surface area contributed by atoms with E-state index in [1.165, 1.54) is 13.8 Å². The largest absolute Gasteiger partial charge is 0.495 e. The molecule has 0 radical (unpaired) electrons. The summed E-state index contributed by atoms with van der Waals surface area (Å²) in [5, 5.41) is 5.78. The number of alkyl halides is 1. The van der Waals surface area contributed by atoms with Gasteiger partial charge in [0, 0.05) is 19.5 Å². The maximum Gasteiger partial charge on any atom is 0.303 e. The third-order valence-corrected chi connectivity index (χ3v) is 2.89. The van der Waals surface area contributed by atoms with Gasteiger partial charge in [-0.05, 0) is 18.2 Å². The number of amides is 1. The summed E-state index contributed by atoms with van der Waals surface area (Å²) in [4.78, 5) is 22.0. The Labute approximate surface area is 128 Å². The monoisotopic (exact) mass is 314 g/mol. The smallest absolute Gasteiger partial charge is 0.303 e. The zero-order valence-electron chi connectivity index (χ0n) is 12.2. The maximum absolute atomic E-state index is 11.1. The number of esters is 1. The van der Waals surface area contributed by atoms with Crippen LogP contribution in [0.5, 0.6) is 5.75 Å². The number of rotatable bonds is 7. The van der Waals surface area contributed by atoms with E-state index < -0.39 is 6.10 Å². The van der Waals surface area contributed by atoms with E-state index in [-0.39, 0.29) is 17.8 Å². The molecule has 1 unspecified atom stereocenters. The quantitative estimate of drug-likeness (QED) is 0.596. The zero-order chi connectivity index (χ0) is 15.8. The number of anilines is 2. The summed E-state index contributed by atoms with van der Waals surface area (Å²) in [5.74, 6) is 0.242. The maximum atomic E-state index is 11.1. The fraction of sp³-hybridized carbons (Fsp3) is 0.429. The first-order chi connectivity index (χ1) is 9.96. The van der Waals surface area contributed by atoms with Gasteiger partial charge in [-0.2, -0.15) is 0 Å². The fourth-order valence-electron chi connectivity index (χ4n) is 1.71. The molecule has 0 saturated heterocycles. The molecule has 1 atom stereocenters. The lowest BCUT2D eigenvalue weighted by Crippen LogP contribution is -2.27. The highest BCUT2D eigenvalue weighted by Gasteiger charge is 2.12. The van der Waals surface area contributed by atoms with Crippen LogP contribution in [0.15, 0.2) is 18.2 Å².